The average molecular weight is 293 g/mol. The summed E-state index contributed by atoms with van der Waals surface area (Å²) in [5.41, 5.74) is 3.10. The summed E-state index contributed by atoms with van der Waals surface area (Å²) < 4.78 is 11.2. The Morgan fingerprint density at radius 2 is 2.15 bits per heavy atom. The Labute approximate surface area is 125 Å². The average Bonchev–Trinajstić information content (AvgIpc) is 2.92. The first-order valence-electron chi connectivity index (χ1n) is 7.46. The van der Waals surface area contributed by atoms with Gasteiger partial charge in [0.1, 0.15) is 5.44 Å². The van der Waals surface area contributed by atoms with Crippen LogP contribution in [0.2, 0.25) is 0 Å². The number of hydrogen-bond donors (Lipinski definition) is 0. The third-order valence-corrected chi connectivity index (χ3v) is 5.08. The van der Waals surface area contributed by atoms with Crippen LogP contribution in [0.15, 0.2) is 24.3 Å². The third kappa shape index (κ3) is 3.68. The number of anilines is 1. The second-order valence-electron chi connectivity index (χ2n) is 5.68. The van der Waals surface area contributed by atoms with Crippen molar-refractivity contribution in [1.29, 1.82) is 0 Å². The predicted molar refractivity (Wildman–Crippen MR) is 84.3 cm³/mol. The molecule has 2 aliphatic rings. The van der Waals surface area contributed by atoms with Gasteiger partial charge in [-0.25, -0.2) is 0 Å². The molecule has 0 saturated carbocycles. The van der Waals surface area contributed by atoms with Crippen molar-refractivity contribution < 1.29 is 9.47 Å². The molecular weight excluding hydrogens is 270 g/mol. The lowest BCUT2D eigenvalue weighted by atomic mass is 10.2. The van der Waals surface area contributed by atoms with E-state index in [2.05, 4.69) is 36.1 Å². The van der Waals surface area contributed by atoms with E-state index in [4.69, 9.17) is 9.47 Å². The fourth-order valence-corrected chi connectivity index (χ4v) is 3.90. The van der Waals surface area contributed by atoms with Crippen LogP contribution in [0.1, 0.15) is 18.9 Å². The maximum absolute atomic E-state index is 5.77. The zero-order valence-corrected chi connectivity index (χ0v) is 12.9. The fourth-order valence-electron chi connectivity index (χ4n) is 2.71. The number of benzene rings is 1. The van der Waals surface area contributed by atoms with Crippen LogP contribution >= 0.6 is 11.8 Å². The van der Waals surface area contributed by atoms with Crippen molar-refractivity contribution in [3.8, 4) is 0 Å². The quantitative estimate of drug-likeness (QED) is 0.850. The van der Waals surface area contributed by atoms with Gasteiger partial charge < -0.3 is 14.4 Å². The standard InChI is InChI=1S/C16H23NO2S/c1-13-9-16(19-11-13)20-12-14-3-2-4-15(10-14)17-5-7-18-8-6-17/h2-4,10,13,16H,5-9,11-12H2,1H3/t13-,16?/m1/s1. The summed E-state index contributed by atoms with van der Waals surface area (Å²) in [5, 5.41) is 0. The molecule has 1 unspecified atom stereocenters. The lowest BCUT2D eigenvalue weighted by molar-refractivity contribution is 0.122. The van der Waals surface area contributed by atoms with Crippen LogP contribution in [0.5, 0.6) is 0 Å². The molecule has 110 valence electrons. The highest BCUT2D eigenvalue weighted by atomic mass is 32.2. The highest BCUT2D eigenvalue weighted by molar-refractivity contribution is 7.99. The summed E-state index contributed by atoms with van der Waals surface area (Å²) in [7, 11) is 0. The first-order valence-corrected chi connectivity index (χ1v) is 8.51. The molecule has 0 bridgehead atoms. The molecule has 4 heteroatoms. The van der Waals surface area contributed by atoms with E-state index in [1.54, 1.807) is 0 Å². The minimum absolute atomic E-state index is 0.386. The van der Waals surface area contributed by atoms with Crippen molar-refractivity contribution in [1.82, 2.24) is 0 Å². The van der Waals surface area contributed by atoms with Gasteiger partial charge in [0.15, 0.2) is 0 Å². The molecule has 3 rings (SSSR count). The van der Waals surface area contributed by atoms with Crippen LogP contribution in [-0.4, -0.2) is 38.3 Å². The minimum Gasteiger partial charge on any atom is -0.378 e. The van der Waals surface area contributed by atoms with Crippen LogP contribution in [-0.2, 0) is 15.2 Å². The number of thioether (sulfide) groups is 1. The molecule has 2 fully saturated rings. The van der Waals surface area contributed by atoms with Crippen molar-refractivity contribution in [3.05, 3.63) is 29.8 Å². The van der Waals surface area contributed by atoms with Gasteiger partial charge >= 0.3 is 0 Å². The van der Waals surface area contributed by atoms with Crippen LogP contribution in [0, 0.1) is 5.92 Å². The molecule has 0 amide bonds. The number of hydrogen-bond acceptors (Lipinski definition) is 4. The van der Waals surface area contributed by atoms with Crippen LogP contribution in [0.3, 0.4) is 0 Å². The lowest BCUT2D eigenvalue weighted by Gasteiger charge is -2.29. The van der Waals surface area contributed by atoms with Crippen LogP contribution in [0.4, 0.5) is 5.69 Å². The molecule has 2 atom stereocenters. The summed E-state index contributed by atoms with van der Waals surface area (Å²) in [6, 6.07) is 8.90. The molecule has 20 heavy (non-hydrogen) atoms. The number of nitrogens with zero attached hydrogens (tertiary/aromatic N) is 1. The molecule has 3 nitrogen and oxygen atoms in total. The molecule has 2 aliphatic heterocycles. The zero-order chi connectivity index (χ0) is 13.8. The van der Waals surface area contributed by atoms with Gasteiger partial charge in [-0.1, -0.05) is 19.1 Å². The molecule has 1 aromatic carbocycles. The summed E-state index contributed by atoms with van der Waals surface area (Å²) in [5.74, 6) is 1.75. The summed E-state index contributed by atoms with van der Waals surface area (Å²) in [6.07, 6.45) is 1.19. The Morgan fingerprint density at radius 1 is 1.30 bits per heavy atom. The fraction of sp³-hybridized carbons (Fsp3) is 0.625. The smallest absolute Gasteiger partial charge is 0.103 e. The van der Waals surface area contributed by atoms with Gasteiger partial charge in [0.2, 0.25) is 0 Å². The minimum atomic E-state index is 0.386. The predicted octanol–water partition coefficient (Wildman–Crippen LogP) is 3.14. The van der Waals surface area contributed by atoms with Gasteiger partial charge in [-0.15, -0.1) is 11.8 Å². The van der Waals surface area contributed by atoms with Crippen LogP contribution < -0.4 is 4.90 Å². The van der Waals surface area contributed by atoms with Crippen molar-refractivity contribution in [3.63, 3.8) is 0 Å². The van der Waals surface area contributed by atoms with Crippen molar-refractivity contribution >= 4 is 17.4 Å². The van der Waals surface area contributed by atoms with E-state index in [-0.39, 0.29) is 0 Å². The monoisotopic (exact) mass is 293 g/mol. The van der Waals surface area contributed by atoms with E-state index < -0.39 is 0 Å². The Hall–Kier alpha value is -0.710. The van der Waals surface area contributed by atoms with E-state index in [0.717, 1.165) is 38.7 Å². The molecular formula is C16H23NO2S. The van der Waals surface area contributed by atoms with Crippen molar-refractivity contribution in [2.45, 2.75) is 24.5 Å². The normalized spacial score (nSPS) is 26.9. The molecule has 2 heterocycles. The van der Waals surface area contributed by atoms with E-state index in [1.165, 1.54) is 17.7 Å². The largest absolute Gasteiger partial charge is 0.378 e. The number of ether oxygens (including phenoxy) is 2. The zero-order valence-electron chi connectivity index (χ0n) is 12.1. The first-order chi connectivity index (χ1) is 9.81. The van der Waals surface area contributed by atoms with E-state index in [9.17, 15) is 0 Å². The maximum atomic E-state index is 5.77. The Kier molecular flexibility index (Phi) is 4.86. The van der Waals surface area contributed by atoms with Gasteiger partial charge in [0.05, 0.1) is 19.8 Å². The topological polar surface area (TPSA) is 21.7 Å². The summed E-state index contributed by atoms with van der Waals surface area (Å²) >= 11 is 1.93. The molecule has 2 saturated heterocycles. The van der Waals surface area contributed by atoms with Gasteiger partial charge in [-0.3, -0.25) is 0 Å². The SMILES string of the molecule is C[C@H]1COC(SCc2cccc(N3CCOCC3)c2)C1. The van der Waals surface area contributed by atoms with Crippen LogP contribution in [0.25, 0.3) is 0 Å². The third-order valence-electron chi connectivity index (χ3n) is 3.88. The van der Waals surface area contributed by atoms with Gasteiger partial charge in [0, 0.05) is 24.5 Å². The highest BCUT2D eigenvalue weighted by Gasteiger charge is 2.22. The van der Waals surface area contributed by atoms with E-state index in [0.29, 0.717) is 11.4 Å². The highest BCUT2D eigenvalue weighted by Crippen LogP contribution is 2.30. The Balaban J connectivity index is 1.56. The Morgan fingerprint density at radius 3 is 2.90 bits per heavy atom. The number of rotatable bonds is 4. The van der Waals surface area contributed by atoms with Gasteiger partial charge in [0.25, 0.3) is 0 Å². The van der Waals surface area contributed by atoms with E-state index in [1.807, 2.05) is 11.8 Å². The molecule has 0 N–H and O–H groups in total. The molecule has 0 aliphatic carbocycles. The summed E-state index contributed by atoms with van der Waals surface area (Å²) in [4.78, 5) is 2.41. The second-order valence-corrected chi connectivity index (χ2v) is 6.83. The van der Waals surface area contributed by atoms with Crippen molar-refractivity contribution in [2.24, 2.45) is 5.92 Å². The van der Waals surface area contributed by atoms with Crippen molar-refractivity contribution in [2.75, 3.05) is 37.8 Å². The lowest BCUT2D eigenvalue weighted by Crippen LogP contribution is -2.36. The maximum Gasteiger partial charge on any atom is 0.103 e. The van der Waals surface area contributed by atoms with E-state index >= 15 is 0 Å². The molecule has 0 aromatic heterocycles. The summed E-state index contributed by atoms with van der Waals surface area (Å²) in [6.45, 7) is 6.87. The van der Waals surface area contributed by atoms with Gasteiger partial charge in [-0.05, 0) is 30.0 Å². The molecule has 1 aromatic rings. The number of morpholine rings is 1. The Bertz CT molecular complexity index is 434. The van der Waals surface area contributed by atoms with Gasteiger partial charge in [-0.2, -0.15) is 0 Å². The first kappa shape index (κ1) is 14.2. The second kappa shape index (κ2) is 6.83. The molecule has 0 spiro atoms. The molecule has 0 radical (unpaired) electrons.